The van der Waals surface area contributed by atoms with E-state index in [9.17, 15) is 14.0 Å². The minimum Gasteiger partial charge on any atom is -0.478 e. The maximum atomic E-state index is 13.5. The first-order valence-corrected chi connectivity index (χ1v) is 6.96. The van der Waals surface area contributed by atoms with E-state index in [-0.39, 0.29) is 11.5 Å². The van der Waals surface area contributed by atoms with E-state index in [4.69, 9.17) is 5.11 Å². The number of hydrogen-bond acceptors (Lipinski definition) is 3. The molecule has 0 aliphatic heterocycles. The Balaban J connectivity index is 2.21. The highest BCUT2D eigenvalue weighted by molar-refractivity contribution is 7.08. The monoisotopic (exact) mass is 305 g/mol. The lowest BCUT2D eigenvalue weighted by atomic mass is 10.1. The zero-order valence-electron chi connectivity index (χ0n) is 11.1. The summed E-state index contributed by atoms with van der Waals surface area (Å²) in [6.45, 7) is 1.83. The molecule has 21 heavy (non-hydrogen) atoms. The third-order valence-corrected chi connectivity index (χ3v) is 3.62. The van der Waals surface area contributed by atoms with Crippen molar-refractivity contribution in [3.8, 4) is 0 Å². The average Bonchev–Trinajstić information content (AvgIpc) is 2.85. The van der Waals surface area contributed by atoms with Crippen LogP contribution in [0.15, 0.2) is 35.0 Å². The van der Waals surface area contributed by atoms with Crippen LogP contribution in [0.5, 0.6) is 0 Å². The number of carboxylic acids is 1. The highest BCUT2D eigenvalue weighted by Gasteiger charge is 2.11. The van der Waals surface area contributed by atoms with Crippen LogP contribution in [0, 0.1) is 12.7 Å². The van der Waals surface area contributed by atoms with Gasteiger partial charge < -0.3 is 10.4 Å². The number of nitrogens with one attached hydrogen (secondary N) is 1. The predicted octanol–water partition coefficient (Wildman–Crippen LogP) is 3.55. The molecule has 0 aliphatic rings. The normalized spacial score (nSPS) is 10.8. The zero-order valence-corrected chi connectivity index (χ0v) is 11.9. The molecule has 1 aromatic carbocycles. The molecule has 0 fully saturated rings. The number of aliphatic carboxylic acids is 1. The van der Waals surface area contributed by atoms with Crippen molar-refractivity contribution in [2.45, 2.75) is 6.92 Å². The summed E-state index contributed by atoms with van der Waals surface area (Å²) in [5.41, 5.74) is 1.92. The number of carbonyl (C=O) groups is 2. The molecule has 1 heterocycles. The maximum absolute atomic E-state index is 13.5. The van der Waals surface area contributed by atoms with Gasteiger partial charge in [0.1, 0.15) is 5.82 Å². The first kappa shape index (κ1) is 14.9. The van der Waals surface area contributed by atoms with Crippen molar-refractivity contribution < 1.29 is 19.1 Å². The Morgan fingerprint density at radius 2 is 2.10 bits per heavy atom. The van der Waals surface area contributed by atoms with E-state index in [1.165, 1.54) is 29.5 Å². The summed E-state index contributed by atoms with van der Waals surface area (Å²) in [6, 6.07) is 3.99. The summed E-state index contributed by atoms with van der Waals surface area (Å²) >= 11 is 1.42. The molecule has 0 radical (unpaired) electrons. The van der Waals surface area contributed by atoms with Crippen molar-refractivity contribution in [3.05, 3.63) is 57.5 Å². The summed E-state index contributed by atoms with van der Waals surface area (Å²) < 4.78 is 13.5. The lowest BCUT2D eigenvalue weighted by Gasteiger charge is -2.06. The van der Waals surface area contributed by atoms with Gasteiger partial charge in [-0.15, -0.1) is 0 Å². The van der Waals surface area contributed by atoms with Gasteiger partial charge in [0, 0.05) is 22.7 Å². The number of amides is 1. The van der Waals surface area contributed by atoms with Crippen molar-refractivity contribution in [2.75, 3.05) is 5.32 Å². The third-order valence-electron chi connectivity index (χ3n) is 2.76. The van der Waals surface area contributed by atoms with Crippen molar-refractivity contribution in [1.82, 2.24) is 0 Å². The van der Waals surface area contributed by atoms with Gasteiger partial charge in [-0.05, 0) is 42.1 Å². The van der Waals surface area contributed by atoms with E-state index in [1.54, 1.807) is 5.38 Å². The number of carbonyl (C=O) groups excluding carboxylic acids is 1. The molecule has 2 N–H and O–H groups in total. The average molecular weight is 305 g/mol. The number of anilines is 1. The number of aryl methyl sites for hydroxylation is 1. The van der Waals surface area contributed by atoms with Gasteiger partial charge in [0.15, 0.2) is 0 Å². The van der Waals surface area contributed by atoms with Gasteiger partial charge in [0.25, 0.3) is 5.91 Å². The molecule has 1 aromatic heterocycles. The van der Waals surface area contributed by atoms with Gasteiger partial charge in [-0.1, -0.05) is 0 Å². The second-order valence-electron chi connectivity index (χ2n) is 4.33. The standard InChI is InChI=1S/C15H12FNO3S/c1-9-7-21-8-12(9)15(20)17-11-3-4-13(16)10(6-11)2-5-14(18)19/h2-8H,1H3,(H,17,20)(H,18,19)/b5-2+. The molecule has 108 valence electrons. The summed E-state index contributed by atoms with van der Waals surface area (Å²) in [4.78, 5) is 22.5. The molecule has 2 aromatic rings. The smallest absolute Gasteiger partial charge is 0.328 e. The van der Waals surface area contributed by atoms with Gasteiger partial charge >= 0.3 is 5.97 Å². The largest absolute Gasteiger partial charge is 0.478 e. The Morgan fingerprint density at radius 1 is 1.33 bits per heavy atom. The fourth-order valence-corrected chi connectivity index (χ4v) is 2.53. The number of hydrogen-bond donors (Lipinski definition) is 2. The number of carboxylic acid groups (broad SMARTS) is 1. The Labute approximate surface area is 124 Å². The summed E-state index contributed by atoms with van der Waals surface area (Å²) in [6.07, 6.45) is 1.98. The van der Waals surface area contributed by atoms with Crippen LogP contribution in [-0.2, 0) is 4.79 Å². The van der Waals surface area contributed by atoms with Crippen LogP contribution >= 0.6 is 11.3 Å². The molecule has 0 saturated heterocycles. The summed E-state index contributed by atoms with van der Waals surface area (Å²) in [7, 11) is 0. The predicted molar refractivity (Wildman–Crippen MR) is 80.1 cm³/mol. The molecule has 2 rings (SSSR count). The highest BCUT2D eigenvalue weighted by atomic mass is 32.1. The molecule has 4 nitrogen and oxygen atoms in total. The summed E-state index contributed by atoms with van der Waals surface area (Å²) in [5.74, 6) is -2.01. The second kappa shape index (κ2) is 6.32. The Bertz CT molecular complexity index is 721. The fraction of sp³-hybridized carbons (Fsp3) is 0.0667. The topological polar surface area (TPSA) is 66.4 Å². The van der Waals surface area contributed by atoms with Crippen LogP contribution in [-0.4, -0.2) is 17.0 Å². The number of rotatable bonds is 4. The van der Waals surface area contributed by atoms with Crippen molar-refractivity contribution in [2.24, 2.45) is 0 Å². The first-order chi connectivity index (χ1) is 9.97. The Kier molecular flexibility index (Phi) is 4.49. The SMILES string of the molecule is Cc1cscc1C(=O)Nc1ccc(F)c(/C=C/C(=O)O)c1. The van der Waals surface area contributed by atoms with Gasteiger partial charge in [-0.2, -0.15) is 11.3 Å². The number of thiophene rings is 1. The van der Waals surface area contributed by atoms with Crippen LogP contribution in [0.3, 0.4) is 0 Å². The van der Waals surface area contributed by atoms with E-state index in [0.29, 0.717) is 11.3 Å². The molecule has 0 spiro atoms. The van der Waals surface area contributed by atoms with Crippen LogP contribution in [0.1, 0.15) is 21.5 Å². The lowest BCUT2D eigenvalue weighted by molar-refractivity contribution is -0.131. The van der Waals surface area contributed by atoms with Crippen molar-refractivity contribution in [3.63, 3.8) is 0 Å². The minimum absolute atomic E-state index is 0.0947. The maximum Gasteiger partial charge on any atom is 0.328 e. The van der Waals surface area contributed by atoms with E-state index >= 15 is 0 Å². The highest BCUT2D eigenvalue weighted by Crippen LogP contribution is 2.19. The van der Waals surface area contributed by atoms with E-state index < -0.39 is 11.8 Å². The number of benzene rings is 1. The van der Waals surface area contributed by atoms with Crippen molar-refractivity contribution in [1.29, 1.82) is 0 Å². The minimum atomic E-state index is -1.17. The van der Waals surface area contributed by atoms with Gasteiger partial charge in [-0.25, -0.2) is 9.18 Å². The molecule has 1 amide bonds. The van der Waals surface area contributed by atoms with E-state index in [2.05, 4.69) is 5.32 Å². The van der Waals surface area contributed by atoms with Crippen LogP contribution in [0.4, 0.5) is 10.1 Å². The van der Waals surface area contributed by atoms with Gasteiger partial charge in [0.05, 0.1) is 5.56 Å². The third kappa shape index (κ3) is 3.76. The van der Waals surface area contributed by atoms with Crippen LogP contribution in [0.2, 0.25) is 0 Å². The molecular formula is C15H12FNO3S. The molecule has 0 saturated carbocycles. The van der Waals surface area contributed by atoms with E-state index in [0.717, 1.165) is 17.7 Å². The van der Waals surface area contributed by atoms with Gasteiger partial charge in [-0.3, -0.25) is 4.79 Å². The van der Waals surface area contributed by atoms with Gasteiger partial charge in [0.2, 0.25) is 0 Å². The zero-order chi connectivity index (χ0) is 15.4. The molecular weight excluding hydrogens is 293 g/mol. The van der Waals surface area contributed by atoms with Crippen LogP contribution in [0.25, 0.3) is 6.08 Å². The van der Waals surface area contributed by atoms with Crippen LogP contribution < -0.4 is 5.32 Å². The van der Waals surface area contributed by atoms with Crippen molar-refractivity contribution >= 4 is 35.0 Å². The lowest BCUT2D eigenvalue weighted by Crippen LogP contribution is -2.12. The molecule has 0 atom stereocenters. The second-order valence-corrected chi connectivity index (χ2v) is 5.07. The Morgan fingerprint density at radius 3 is 2.71 bits per heavy atom. The first-order valence-electron chi connectivity index (χ1n) is 6.02. The molecule has 0 aliphatic carbocycles. The molecule has 0 bridgehead atoms. The Hall–Kier alpha value is -2.47. The quantitative estimate of drug-likeness (QED) is 0.849. The summed E-state index contributed by atoms with van der Waals surface area (Å²) in [5, 5.41) is 14.8. The fourth-order valence-electron chi connectivity index (χ4n) is 1.70. The number of halogens is 1. The van der Waals surface area contributed by atoms with E-state index in [1.807, 2.05) is 12.3 Å². The molecule has 0 unspecified atom stereocenters. The molecule has 6 heteroatoms.